The Labute approximate surface area is 169 Å². The largest absolute Gasteiger partial charge is 0.457 e. The molecule has 0 aromatic heterocycles. The number of para-hydroxylation sites is 1. The van der Waals surface area contributed by atoms with E-state index in [0.29, 0.717) is 24.4 Å². The molecule has 4 nitrogen and oxygen atoms in total. The van der Waals surface area contributed by atoms with Crippen LogP contribution >= 0.6 is 11.6 Å². The number of halogens is 1. The fraction of sp³-hybridized carbons (Fsp3) is 0.174. The molecule has 0 atom stereocenters. The van der Waals surface area contributed by atoms with E-state index in [1.807, 2.05) is 77.7 Å². The van der Waals surface area contributed by atoms with Crippen molar-refractivity contribution in [2.45, 2.75) is 0 Å². The average molecular weight is 393 g/mol. The molecule has 0 spiro atoms. The number of hydrogen-bond acceptors (Lipinski definition) is 3. The first-order valence-electron chi connectivity index (χ1n) is 9.32. The lowest BCUT2D eigenvalue weighted by Crippen LogP contribution is -2.48. The summed E-state index contributed by atoms with van der Waals surface area (Å²) >= 11 is 6.09. The van der Waals surface area contributed by atoms with E-state index in [9.17, 15) is 4.79 Å². The molecule has 1 aliphatic rings. The summed E-state index contributed by atoms with van der Waals surface area (Å²) < 4.78 is 5.79. The summed E-state index contributed by atoms with van der Waals surface area (Å²) in [7, 11) is 0. The van der Waals surface area contributed by atoms with Crippen molar-refractivity contribution in [3.8, 4) is 11.5 Å². The minimum Gasteiger partial charge on any atom is -0.457 e. The number of rotatable bonds is 4. The second kappa shape index (κ2) is 8.36. The lowest BCUT2D eigenvalue weighted by Gasteiger charge is -2.36. The van der Waals surface area contributed by atoms with E-state index in [1.165, 1.54) is 0 Å². The van der Waals surface area contributed by atoms with Crippen LogP contribution in [-0.4, -0.2) is 37.0 Å². The highest BCUT2D eigenvalue weighted by Gasteiger charge is 2.22. The Kier molecular flexibility index (Phi) is 5.49. The van der Waals surface area contributed by atoms with Crippen LogP contribution in [0.2, 0.25) is 5.02 Å². The number of piperazine rings is 1. The third-order valence-corrected chi connectivity index (χ3v) is 5.06. The summed E-state index contributed by atoms with van der Waals surface area (Å²) in [5.41, 5.74) is 1.78. The minimum absolute atomic E-state index is 0.0528. The van der Waals surface area contributed by atoms with Crippen LogP contribution in [0.15, 0.2) is 78.9 Å². The summed E-state index contributed by atoms with van der Waals surface area (Å²) in [6.45, 7) is 2.96. The molecule has 0 saturated carbocycles. The Balaban J connectivity index is 1.36. The van der Waals surface area contributed by atoms with Gasteiger partial charge in [0, 0.05) is 42.5 Å². The molecule has 3 aromatic rings. The summed E-state index contributed by atoms with van der Waals surface area (Å²) in [6.07, 6.45) is 0. The van der Waals surface area contributed by atoms with Crippen LogP contribution < -0.4 is 9.64 Å². The van der Waals surface area contributed by atoms with E-state index in [-0.39, 0.29) is 5.91 Å². The molecule has 5 heteroatoms. The Bertz CT molecular complexity index is 936. The fourth-order valence-electron chi connectivity index (χ4n) is 3.31. The standard InChI is InChI=1S/C23H21ClN2O2/c24-19-5-4-6-20(17-19)25-13-15-26(16-14-25)23(27)18-9-11-22(12-10-18)28-21-7-2-1-3-8-21/h1-12,17H,13-16H2. The molecule has 0 bridgehead atoms. The number of benzene rings is 3. The highest BCUT2D eigenvalue weighted by molar-refractivity contribution is 6.30. The molecule has 1 amide bonds. The predicted octanol–water partition coefficient (Wildman–Crippen LogP) is 5.09. The van der Waals surface area contributed by atoms with Crippen molar-refractivity contribution in [2.75, 3.05) is 31.1 Å². The van der Waals surface area contributed by atoms with Crippen molar-refractivity contribution in [2.24, 2.45) is 0 Å². The van der Waals surface area contributed by atoms with Crippen LogP contribution in [0.25, 0.3) is 0 Å². The van der Waals surface area contributed by atoms with Gasteiger partial charge < -0.3 is 14.5 Å². The monoisotopic (exact) mass is 392 g/mol. The molecular formula is C23H21ClN2O2. The lowest BCUT2D eigenvalue weighted by molar-refractivity contribution is 0.0747. The van der Waals surface area contributed by atoms with Gasteiger partial charge in [-0.25, -0.2) is 0 Å². The third kappa shape index (κ3) is 4.29. The smallest absolute Gasteiger partial charge is 0.253 e. The van der Waals surface area contributed by atoms with E-state index in [2.05, 4.69) is 11.0 Å². The van der Waals surface area contributed by atoms with Gasteiger partial charge in [0.25, 0.3) is 5.91 Å². The second-order valence-corrected chi connectivity index (χ2v) is 7.14. The number of ether oxygens (including phenoxy) is 1. The summed E-state index contributed by atoms with van der Waals surface area (Å²) in [5, 5.41) is 0.730. The maximum atomic E-state index is 12.8. The minimum atomic E-state index is 0.0528. The highest BCUT2D eigenvalue weighted by Crippen LogP contribution is 2.23. The number of carbonyl (C=O) groups excluding carboxylic acids is 1. The van der Waals surface area contributed by atoms with Gasteiger partial charge >= 0.3 is 0 Å². The Morgan fingerprint density at radius 1 is 0.786 bits per heavy atom. The zero-order valence-electron chi connectivity index (χ0n) is 15.4. The first-order valence-corrected chi connectivity index (χ1v) is 9.69. The molecule has 1 heterocycles. The Hall–Kier alpha value is -2.98. The van der Waals surface area contributed by atoms with Gasteiger partial charge in [-0.1, -0.05) is 35.9 Å². The highest BCUT2D eigenvalue weighted by atomic mass is 35.5. The van der Waals surface area contributed by atoms with E-state index in [1.54, 1.807) is 0 Å². The molecule has 0 N–H and O–H groups in total. The van der Waals surface area contributed by atoms with Gasteiger partial charge in [-0.3, -0.25) is 4.79 Å². The molecule has 1 aliphatic heterocycles. The van der Waals surface area contributed by atoms with Crippen LogP contribution in [0.3, 0.4) is 0 Å². The average Bonchev–Trinajstić information content (AvgIpc) is 2.75. The van der Waals surface area contributed by atoms with Crippen molar-refractivity contribution in [1.82, 2.24) is 4.90 Å². The molecule has 0 aliphatic carbocycles. The maximum Gasteiger partial charge on any atom is 0.253 e. The molecule has 1 saturated heterocycles. The van der Waals surface area contributed by atoms with E-state index >= 15 is 0 Å². The molecule has 1 fully saturated rings. The molecule has 4 rings (SSSR count). The van der Waals surface area contributed by atoms with Gasteiger partial charge in [0.2, 0.25) is 0 Å². The topological polar surface area (TPSA) is 32.8 Å². The van der Waals surface area contributed by atoms with Crippen LogP contribution in [0.1, 0.15) is 10.4 Å². The SMILES string of the molecule is O=C(c1ccc(Oc2ccccc2)cc1)N1CCN(c2cccc(Cl)c2)CC1. The van der Waals surface area contributed by atoms with Crippen molar-refractivity contribution in [1.29, 1.82) is 0 Å². The molecule has 0 radical (unpaired) electrons. The van der Waals surface area contributed by atoms with Crippen LogP contribution in [0, 0.1) is 0 Å². The third-order valence-electron chi connectivity index (χ3n) is 4.82. The normalized spacial score (nSPS) is 14.0. The molecule has 3 aromatic carbocycles. The van der Waals surface area contributed by atoms with Gasteiger partial charge in [0.05, 0.1) is 0 Å². The Morgan fingerprint density at radius 2 is 1.46 bits per heavy atom. The van der Waals surface area contributed by atoms with E-state index in [4.69, 9.17) is 16.3 Å². The lowest BCUT2D eigenvalue weighted by atomic mass is 10.1. The summed E-state index contributed by atoms with van der Waals surface area (Å²) in [5.74, 6) is 1.55. The van der Waals surface area contributed by atoms with Crippen molar-refractivity contribution < 1.29 is 9.53 Å². The first kappa shape index (κ1) is 18.4. The number of hydrogen-bond donors (Lipinski definition) is 0. The van der Waals surface area contributed by atoms with E-state index < -0.39 is 0 Å². The molecule has 0 unspecified atom stereocenters. The second-order valence-electron chi connectivity index (χ2n) is 6.70. The first-order chi connectivity index (χ1) is 13.7. The zero-order valence-corrected chi connectivity index (χ0v) is 16.2. The molecule has 28 heavy (non-hydrogen) atoms. The van der Waals surface area contributed by atoms with Crippen molar-refractivity contribution in [3.63, 3.8) is 0 Å². The van der Waals surface area contributed by atoms with Crippen LogP contribution in [-0.2, 0) is 0 Å². The number of amides is 1. The zero-order chi connectivity index (χ0) is 19.3. The van der Waals surface area contributed by atoms with Crippen molar-refractivity contribution in [3.05, 3.63) is 89.4 Å². The van der Waals surface area contributed by atoms with E-state index in [0.717, 1.165) is 29.5 Å². The fourth-order valence-corrected chi connectivity index (χ4v) is 3.50. The number of nitrogens with zero attached hydrogens (tertiary/aromatic N) is 2. The quantitative estimate of drug-likeness (QED) is 0.619. The number of anilines is 1. The summed E-state index contributed by atoms with van der Waals surface area (Å²) in [4.78, 5) is 17.0. The molecular weight excluding hydrogens is 372 g/mol. The van der Waals surface area contributed by atoms with Gasteiger partial charge in [-0.15, -0.1) is 0 Å². The van der Waals surface area contributed by atoms with Crippen LogP contribution in [0.5, 0.6) is 11.5 Å². The predicted molar refractivity (Wildman–Crippen MR) is 113 cm³/mol. The van der Waals surface area contributed by atoms with Gasteiger partial charge in [-0.2, -0.15) is 0 Å². The van der Waals surface area contributed by atoms with Crippen molar-refractivity contribution >= 4 is 23.2 Å². The van der Waals surface area contributed by atoms with Gasteiger partial charge in [0.1, 0.15) is 11.5 Å². The van der Waals surface area contributed by atoms with Gasteiger partial charge in [0.15, 0.2) is 0 Å². The summed E-state index contributed by atoms with van der Waals surface area (Å²) in [6, 6.07) is 24.8. The maximum absolute atomic E-state index is 12.8. The number of carbonyl (C=O) groups is 1. The van der Waals surface area contributed by atoms with Gasteiger partial charge in [-0.05, 0) is 54.6 Å². The van der Waals surface area contributed by atoms with Crippen LogP contribution in [0.4, 0.5) is 5.69 Å². The Morgan fingerprint density at radius 3 is 2.14 bits per heavy atom. The molecule has 142 valence electrons.